The van der Waals surface area contributed by atoms with E-state index in [2.05, 4.69) is 0 Å². The highest BCUT2D eigenvalue weighted by Gasteiger charge is 2.28. The SMILES string of the molecule is COc1ccc(C(=O)N2CCc3ccc([N+](=O)[O-])cc32)cc1S(C)(=O)=O. The number of amides is 1. The molecule has 1 aliphatic rings. The summed E-state index contributed by atoms with van der Waals surface area (Å²) in [5.74, 6) is -0.265. The van der Waals surface area contributed by atoms with Gasteiger partial charge >= 0.3 is 0 Å². The van der Waals surface area contributed by atoms with Crippen LogP contribution in [0.2, 0.25) is 0 Å². The first-order chi connectivity index (χ1) is 12.2. The number of ether oxygens (including phenoxy) is 1. The van der Waals surface area contributed by atoms with Crippen LogP contribution in [-0.4, -0.2) is 39.2 Å². The number of hydrogen-bond donors (Lipinski definition) is 0. The fraction of sp³-hybridized carbons (Fsp3) is 0.235. The van der Waals surface area contributed by atoms with Gasteiger partial charge in [0.05, 0.1) is 17.7 Å². The van der Waals surface area contributed by atoms with Gasteiger partial charge in [0, 0.05) is 30.5 Å². The van der Waals surface area contributed by atoms with E-state index in [9.17, 15) is 23.3 Å². The maximum Gasteiger partial charge on any atom is 0.271 e. The van der Waals surface area contributed by atoms with Gasteiger partial charge in [0.2, 0.25) is 0 Å². The van der Waals surface area contributed by atoms with Crippen LogP contribution in [0.3, 0.4) is 0 Å². The molecule has 2 aromatic carbocycles. The van der Waals surface area contributed by atoms with Gasteiger partial charge in [0.25, 0.3) is 11.6 Å². The number of methoxy groups -OCH3 is 1. The predicted octanol–water partition coefficient (Wildman–Crippen LogP) is 2.21. The summed E-state index contributed by atoms with van der Waals surface area (Å²) in [7, 11) is -2.24. The summed E-state index contributed by atoms with van der Waals surface area (Å²) in [5.41, 5.74) is 1.38. The van der Waals surface area contributed by atoms with Crippen LogP contribution in [0.25, 0.3) is 0 Å². The van der Waals surface area contributed by atoms with Gasteiger partial charge in [-0.05, 0) is 30.2 Å². The molecule has 1 amide bonds. The number of carbonyl (C=O) groups excluding carboxylic acids is 1. The first-order valence-electron chi connectivity index (χ1n) is 7.69. The quantitative estimate of drug-likeness (QED) is 0.598. The minimum absolute atomic E-state index is 0.0793. The molecule has 26 heavy (non-hydrogen) atoms. The number of carbonyl (C=O) groups is 1. The van der Waals surface area contributed by atoms with Gasteiger partial charge in [-0.3, -0.25) is 14.9 Å². The largest absolute Gasteiger partial charge is 0.495 e. The number of nitro groups is 1. The van der Waals surface area contributed by atoms with Gasteiger partial charge in [-0.15, -0.1) is 0 Å². The van der Waals surface area contributed by atoms with Gasteiger partial charge in [-0.2, -0.15) is 0 Å². The third-order valence-electron chi connectivity index (χ3n) is 4.23. The molecule has 9 heteroatoms. The third-order valence-corrected chi connectivity index (χ3v) is 5.35. The summed E-state index contributed by atoms with van der Waals surface area (Å²) in [6.07, 6.45) is 1.61. The van der Waals surface area contributed by atoms with Crippen LogP contribution >= 0.6 is 0 Å². The smallest absolute Gasteiger partial charge is 0.271 e. The van der Waals surface area contributed by atoms with E-state index in [0.29, 0.717) is 18.7 Å². The Hall–Kier alpha value is -2.94. The second-order valence-corrected chi connectivity index (χ2v) is 7.90. The van der Waals surface area contributed by atoms with Crippen LogP contribution in [-0.2, 0) is 16.3 Å². The molecule has 1 aliphatic heterocycles. The molecule has 8 nitrogen and oxygen atoms in total. The van der Waals surface area contributed by atoms with E-state index in [-0.39, 0.29) is 21.9 Å². The molecule has 0 saturated heterocycles. The van der Waals surface area contributed by atoms with E-state index in [4.69, 9.17) is 4.74 Å². The van der Waals surface area contributed by atoms with Crippen molar-refractivity contribution in [1.29, 1.82) is 0 Å². The van der Waals surface area contributed by atoms with E-state index in [0.717, 1.165) is 11.8 Å². The summed E-state index contributed by atoms with van der Waals surface area (Å²) in [6.45, 7) is 0.371. The first-order valence-corrected chi connectivity index (χ1v) is 9.59. The molecule has 136 valence electrons. The van der Waals surface area contributed by atoms with Crippen LogP contribution in [0.15, 0.2) is 41.3 Å². The minimum atomic E-state index is -3.59. The third kappa shape index (κ3) is 3.13. The molecular weight excluding hydrogens is 360 g/mol. The van der Waals surface area contributed by atoms with Gasteiger partial charge in [-0.25, -0.2) is 8.42 Å². The standard InChI is InChI=1S/C17H16N2O6S/c1-25-15-6-4-12(9-16(15)26(2,23)24)17(20)18-8-7-11-3-5-13(19(21)22)10-14(11)18/h3-6,9-10H,7-8H2,1-2H3. The molecule has 0 radical (unpaired) electrons. The number of non-ortho nitro benzene ring substituents is 1. The molecule has 0 aliphatic carbocycles. The number of anilines is 1. The van der Waals surface area contributed by atoms with Gasteiger partial charge in [0.15, 0.2) is 9.84 Å². The van der Waals surface area contributed by atoms with Crippen LogP contribution in [0.4, 0.5) is 11.4 Å². The summed E-state index contributed by atoms with van der Waals surface area (Å²) >= 11 is 0. The van der Waals surface area contributed by atoms with Gasteiger partial charge in [0.1, 0.15) is 10.6 Å². The van der Waals surface area contributed by atoms with Crippen molar-refractivity contribution < 1.29 is 22.9 Å². The van der Waals surface area contributed by atoms with Gasteiger partial charge < -0.3 is 9.64 Å². The number of nitro benzene ring substituents is 1. The highest BCUT2D eigenvalue weighted by molar-refractivity contribution is 7.90. The van der Waals surface area contributed by atoms with E-state index < -0.39 is 20.7 Å². The molecule has 1 heterocycles. The van der Waals surface area contributed by atoms with Crippen molar-refractivity contribution in [1.82, 2.24) is 0 Å². The summed E-state index contributed by atoms with van der Waals surface area (Å²) in [6, 6.07) is 8.57. The molecule has 0 spiro atoms. The zero-order chi connectivity index (χ0) is 19.1. The zero-order valence-electron chi connectivity index (χ0n) is 14.1. The second-order valence-electron chi connectivity index (χ2n) is 5.91. The Morgan fingerprint density at radius 3 is 2.58 bits per heavy atom. The first kappa shape index (κ1) is 17.9. The number of hydrogen-bond acceptors (Lipinski definition) is 6. The van der Waals surface area contributed by atoms with Crippen molar-refractivity contribution in [3.05, 3.63) is 57.6 Å². The minimum Gasteiger partial charge on any atom is -0.495 e. The Morgan fingerprint density at radius 2 is 1.96 bits per heavy atom. The average molecular weight is 376 g/mol. The maximum atomic E-state index is 12.9. The number of nitrogens with zero attached hydrogens (tertiary/aromatic N) is 2. The Labute approximate surface area is 150 Å². The fourth-order valence-electron chi connectivity index (χ4n) is 2.95. The summed E-state index contributed by atoms with van der Waals surface area (Å²) < 4.78 is 28.9. The van der Waals surface area contributed by atoms with Crippen molar-refractivity contribution in [3.63, 3.8) is 0 Å². The lowest BCUT2D eigenvalue weighted by Gasteiger charge is -2.18. The molecule has 0 unspecified atom stereocenters. The van der Waals surface area contributed by atoms with E-state index in [1.165, 1.54) is 42.3 Å². The molecule has 2 aromatic rings. The van der Waals surface area contributed by atoms with Crippen molar-refractivity contribution in [2.45, 2.75) is 11.3 Å². The summed E-state index contributed by atoms with van der Waals surface area (Å²) in [5, 5.41) is 11.0. The molecule has 3 rings (SSSR count). The van der Waals surface area contributed by atoms with Crippen LogP contribution in [0, 0.1) is 10.1 Å². The molecule has 0 aromatic heterocycles. The van der Waals surface area contributed by atoms with Crippen molar-refractivity contribution >= 4 is 27.1 Å². The summed E-state index contributed by atoms with van der Waals surface area (Å²) in [4.78, 5) is 24.7. The highest BCUT2D eigenvalue weighted by Crippen LogP contribution is 2.33. The van der Waals surface area contributed by atoms with Gasteiger partial charge in [-0.1, -0.05) is 6.07 Å². The second kappa shape index (κ2) is 6.41. The van der Waals surface area contributed by atoms with Crippen LogP contribution in [0.5, 0.6) is 5.75 Å². The number of rotatable bonds is 4. The van der Waals surface area contributed by atoms with E-state index in [1.807, 2.05) is 0 Å². The molecule has 0 fully saturated rings. The maximum absolute atomic E-state index is 12.9. The fourth-order valence-corrected chi connectivity index (χ4v) is 3.81. The lowest BCUT2D eigenvalue weighted by molar-refractivity contribution is -0.384. The van der Waals surface area contributed by atoms with Crippen LogP contribution < -0.4 is 9.64 Å². The predicted molar refractivity (Wildman–Crippen MR) is 94.6 cm³/mol. The van der Waals surface area contributed by atoms with Crippen molar-refractivity contribution in [2.75, 3.05) is 24.8 Å². The topological polar surface area (TPSA) is 107 Å². The number of benzene rings is 2. The number of fused-ring (bicyclic) bond motifs is 1. The van der Waals surface area contributed by atoms with E-state index in [1.54, 1.807) is 6.07 Å². The Morgan fingerprint density at radius 1 is 1.23 bits per heavy atom. The molecule has 0 atom stereocenters. The Kier molecular flexibility index (Phi) is 4.41. The van der Waals surface area contributed by atoms with Crippen LogP contribution in [0.1, 0.15) is 15.9 Å². The molecule has 0 bridgehead atoms. The highest BCUT2D eigenvalue weighted by atomic mass is 32.2. The Bertz CT molecular complexity index is 1020. The van der Waals surface area contributed by atoms with E-state index >= 15 is 0 Å². The monoisotopic (exact) mass is 376 g/mol. The normalized spacial score (nSPS) is 13.4. The van der Waals surface area contributed by atoms with Crippen molar-refractivity contribution in [3.8, 4) is 5.75 Å². The lowest BCUT2D eigenvalue weighted by atomic mass is 10.1. The lowest BCUT2D eigenvalue weighted by Crippen LogP contribution is -2.29. The van der Waals surface area contributed by atoms with Crippen molar-refractivity contribution in [2.24, 2.45) is 0 Å². The number of sulfone groups is 1. The Balaban J connectivity index is 2.03. The molecule has 0 N–H and O–H groups in total. The molecular formula is C17H16N2O6S. The molecule has 0 saturated carbocycles. The average Bonchev–Trinajstić information content (AvgIpc) is 3.02. The zero-order valence-corrected chi connectivity index (χ0v) is 14.9.